The number of benzene rings is 1. The first kappa shape index (κ1) is 19.6. The Morgan fingerprint density at radius 1 is 1.35 bits per heavy atom. The molecule has 1 fully saturated rings. The number of aliphatic imine (C=N–C) groups is 1. The predicted molar refractivity (Wildman–Crippen MR) is 98.8 cm³/mol. The van der Waals surface area contributed by atoms with Crippen molar-refractivity contribution in [2.75, 3.05) is 32.1 Å². The molecule has 0 saturated carbocycles. The average Bonchev–Trinajstić information content (AvgIpc) is 3.03. The molecular formula is C15H22FIN4O2. The first-order valence-corrected chi connectivity index (χ1v) is 7.29. The van der Waals surface area contributed by atoms with Gasteiger partial charge in [0.1, 0.15) is 5.82 Å². The van der Waals surface area contributed by atoms with Crippen molar-refractivity contribution < 1.29 is 13.9 Å². The number of guanidine groups is 1. The van der Waals surface area contributed by atoms with E-state index < -0.39 is 0 Å². The number of halogens is 2. The summed E-state index contributed by atoms with van der Waals surface area (Å²) in [6, 6.07) is 5.62. The summed E-state index contributed by atoms with van der Waals surface area (Å²) in [6.45, 7) is 1.54. The molecule has 1 unspecified atom stereocenters. The van der Waals surface area contributed by atoms with Crippen LogP contribution in [0.3, 0.4) is 0 Å². The van der Waals surface area contributed by atoms with E-state index in [1.54, 1.807) is 7.05 Å². The van der Waals surface area contributed by atoms with Gasteiger partial charge in [-0.05, 0) is 37.1 Å². The topological polar surface area (TPSA) is 74.8 Å². The van der Waals surface area contributed by atoms with Gasteiger partial charge in [-0.25, -0.2) is 4.39 Å². The number of nitrogens with one attached hydrogen (secondary N) is 3. The number of amides is 1. The van der Waals surface area contributed by atoms with Gasteiger partial charge in [-0.3, -0.25) is 9.79 Å². The number of hydrogen-bond donors (Lipinski definition) is 3. The minimum absolute atomic E-state index is 0. The summed E-state index contributed by atoms with van der Waals surface area (Å²) in [5.41, 5.74) is 0.551. The van der Waals surface area contributed by atoms with E-state index in [9.17, 15) is 9.18 Å². The maximum Gasteiger partial charge on any atom is 0.243 e. The summed E-state index contributed by atoms with van der Waals surface area (Å²) >= 11 is 0. The lowest BCUT2D eigenvalue weighted by molar-refractivity contribution is -0.115. The largest absolute Gasteiger partial charge is 0.376 e. The zero-order valence-corrected chi connectivity index (χ0v) is 15.3. The van der Waals surface area contributed by atoms with Crippen molar-refractivity contribution in [2.24, 2.45) is 4.99 Å². The van der Waals surface area contributed by atoms with Gasteiger partial charge in [-0.2, -0.15) is 0 Å². The van der Waals surface area contributed by atoms with Crippen molar-refractivity contribution in [1.29, 1.82) is 0 Å². The molecule has 0 radical (unpaired) electrons. The lowest BCUT2D eigenvalue weighted by Gasteiger charge is -2.15. The summed E-state index contributed by atoms with van der Waals surface area (Å²) in [5.74, 6) is -0.0220. The third-order valence-corrected chi connectivity index (χ3v) is 3.29. The molecule has 0 aromatic heterocycles. The Kier molecular flexibility index (Phi) is 8.85. The predicted octanol–water partition coefficient (Wildman–Crippen LogP) is 1.73. The normalized spacial score (nSPS) is 17.3. The van der Waals surface area contributed by atoms with Crippen LogP contribution in [-0.2, 0) is 9.53 Å². The van der Waals surface area contributed by atoms with Crippen molar-refractivity contribution in [1.82, 2.24) is 10.6 Å². The van der Waals surface area contributed by atoms with Crippen LogP contribution < -0.4 is 16.0 Å². The van der Waals surface area contributed by atoms with Gasteiger partial charge in [-0.15, -0.1) is 24.0 Å². The Morgan fingerprint density at radius 2 is 2.09 bits per heavy atom. The van der Waals surface area contributed by atoms with Crippen LogP contribution in [0.1, 0.15) is 12.8 Å². The molecule has 128 valence electrons. The quantitative estimate of drug-likeness (QED) is 0.374. The van der Waals surface area contributed by atoms with Gasteiger partial charge in [0.05, 0.1) is 12.6 Å². The fourth-order valence-electron chi connectivity index (χ4n) is 2.14. The van der Waals surface area contributed by atoms with Crippen LogP contribution in [0.5, 0.6) is 0 Å². The molecule has 1 atom stereocenters. The lowest BCUT2D eigenvalue weighted by atomic mass is 10.2. The van der Waals surface area contributed by atoms with Gasteiger partial charge in [0.2, 0.25) is 5.91 Å². The number of anilines is 1. The Bertz CT molecular complexity index is 519. The van der Waals surface area contributed by atoms with Crippen molar-refractivity contribution >= 4 is 41.5 Å². The summed E-state index contributed by atoms with van der Waals surface area (Å²) < 4.78 is 18.3. The Morgan fingerprint density at radius 3 is 2.70 bits per heavy atom. The Hall–Kier alpha value is -1.42. The van der Waals surface area contributed by atoms with E-state index in [4.69, 9.17) is 4.74 Å². The van der Waals surface area contributed by atoms with Crippen molar-refractivity contribution in [3.05, 3.63) is 30.1 Å². The summed E-state index contributed by atoms with van der Waals surface area (Å²) in [5, 5.41) is 8.71. The fraction of sp³-hybridized carbons (Fsp3) is 0.467. The van der Waals surface area contributed by atoms with Gasteiger partial charge in [0.25, 0.3) is 0 Å². The maximum absolute atomic E-state index is 12.8. The van der Waals surface area contributed by atoms with Crippen LogP contribution in [0.15, 0.2) is 29.3 Å². The molecule has 8 heteroatoms. The minimum Gasteiger partial charge on any atom is -0.376 e. The second-order valence-corrected chi connectivity index (χ2v) is 5.00. The van der Waals surface area contributed by atoms with Gasteiger partial charge in [0.15, 0.2) is 5.96 Å². The van der Waals surface area contributed by atoms with Crippen LogP contribution in [0.4, 0.5) is 10.1 Å². The molecule has 1 saturated heterocycles. The smallest absolute Gasteiger partial charge is 0.243 e. The van der Waals surface area contributed by atoms with Gasteiger partial charge >= 0.3 is 0 Å². The fourth-order valence-corrected chi connectivity index (χ4v) is 2.14. The number of nitrogens with zero attached hydrogens (tertiary/aromatic N) is 1. The van der Waals surface area contributed by atoms with Crippen LogP contribution in [-0.4, -0.2) is 44.7 Å². The van der Waals surface area contributed by atoms with E-state index in [0.717, 1.165) is 19.4 Å². The molecule has 1 heterocycles. The molecule has 1 aliphatic heterocycles. The van der Waals surface area contributed by atoms with E-state index in [1.807, 2.05) is 0 Å². The Labute approximate surface area is 152 Å². The number of carbonyl (C=O) groups excluding carboxylic acids is 1. The number of rotatable bonds is 5. The molecule has 1 aromatic carbocycles. The highest BCUT2D eigenvalue weighted by atomic mass is 127. The van der Waals surface area contributed by atoms with Crippen molar-refractivity contribution in [3.63, 3.8) is 0 Å². The molecular weight excluding hydrogens is 414 g/mol. The number of hydrogen-bond acceptors (Lipinski definition) is 3. The van der Waals surface area contributed by atoms with Crippen LogP contribution in [0.25, 0.3) is 0 Å². The van der Waals surface area contributed by atoms with Crippen molar-refractivity contribution in [3.8, 4) is 0 Å². The molecule has 1 aliphatic rings. The first-order valence-electron chi connectivity index (χ1n) is 7.29. The van der Waals surface area contributed by atoms with Gasteiger partial charge < -0.3 is 20.7 Å². The summed E-state index contributed by atoms with van der Waals surface area (Å²) in [7, 11) is 1.64. The van der Waals surface area contributed by atoms with Crippen LogP contribution in [0, 0.1) is 5.82 Å². The van der Waals surface area contributed by atoms with Gasteiger partial charge in [-0.1, -0.05) is 0 Å². The Balaban J connectivity index is 0.00000264. The zero-order chi connectivity index (χ0) is 15.8. The number of ether oxygens (including phenoxy) is 1. The van der Waals surface area contributed by atoms with E-state index in [-0.39, 0.29) is 48.3 Å². The van der Waals surface area contributed by atoms with Crippen LogP contribution >= 0.6 is 24.0 Å². The summed E-state index contributed by atoms with van der Waals surface area (Å²) in [4.78, 5) is 15.9. The monoisotopic (exact) mass is 436 g/mol. The van der Waals surface area contributed by atoms with E-state index >= 15 is 0 Å². The maximum atomic E-state index is 12.8. The molecule has 0 spiro atoms. The van der Waals surface area contributed by atoms with E-state index in [2.05, 4.69) is 20.9 Å². The SMILES string of the molecule is CN=C(NCC(=O)Nc1ccc(F)cc1)NCC1CCCO1.I. The standard InChI is InChI=1S/C15H21FN4O2.HI/c1-17-15(18-9-13-3-2-8-22-13)19-10-14(21)20-12-6-4-11(16)5-7-12;/h4-7,13H,2-3,8-10H2,1H3,(H,20,21)(H2,17,18,19);1H. The first-order chi connectivity index (χ1) is 10.7. The molecule has 0 bridgehead atoms. The van der Waals surface area contributed by atoms with Gasteiger partial charge in [0, 0.05) is 25.9 Å². The molecule has 6 nitrogen and oxygen atoms in total. The second kappa shape index (κ2) is 10.4. The molecule has 1 amide bonds. The highest BCUT2D eigenvalue weighted by Gasteiger charge is 2.15. The number of carbonyl (C=O) groups is 1. The minimum atomic E-state index is -0.338. The third kappa shape index (κ3) is 7.12. The zero-order valence-electron chi connectivity index (χ0n) is 13.0. The average molecular weight is 436 g/mol. The molecule has 23 heavy (non-hydrogen) atoms. The van der Waals surface area contributed by atoms with E-state index in [0.29, 0.717) is 18.2 Å². The lowest BCUT2D eigenvalue weighted by Crippen LogP contribution is -2.43. The third-order valence-electron chi connectivity index (χ3n) is 3.29. The molecule has 1 aromatic rings. The summed E-state index contributed by atoms with van der Waals surface area (Å²) in [6.07, 6.45) is 2.32. The highest BCUT2D eigenvalue weighted by Crippen LogP contribution is 2.10. The van der Waals surface area contributed by atoms with Crippen LogP contribution in [0.2, 0.25) is 0 Å². The molecule has 0 aliphatic carbocycles. The molecule has 2 rings (SSSR count). The van der Waals surface area contributed by atoms with Crippen molar-refractivity contribution in [2.45, 2.75) is 18.9 Å². The van der Waals surface area contributed by atoms with E-state index in [1.165, 1.54) is 24.3 Å². The molecule has 3 N–H and O–H groups in total. The second-order valence-electron chi connectivity index (χ2n) is 5.00. The highest BCUT2D eigenvalue weighted by molar-refractivity contribution is 14.0.